The van der Waals surface area contributed by atoms with Crippen LogP contribution in [-0.4, -0.2) is 22.8 Å². The first-order chi connectivity index (χ1) is 14.3. The molecule has 0 bridgehead atoms. The topological polar surface area (TPSA) is 63.6 Å². The van der Waals surface area contributed by atoms with Crippen molar-refractivity contribution in [2.24, 2.45) is 0 Å². The summed E-state index contributed by atoms with van der Waals surface area (Å²) >= 11 is 0. The fourth-order valence-corrected chi connectivity index (χ4v) is 6.29. The first-order valence-electron chi connectivity index (χ1n) is 9.98. The minimum absolute atomic E-state index is 0.138. The molecular formula is C25H27O4P. The van der Waals surface area contributed by atoms with E-state index in [1.54, 1.807) is 50.2 Å². The molecule has 0 saturated heterocycles. The zero-order valence-electron chi connectivity index (χ0n) is 17.7. The molecule has 0 radical (unpaired) electrons. The molecule has 5 heteroatoms. The van der Waals surface area contributed by atoms with Crippen LogP contribution in [0.5, 0.6) is 0 Å². The molecule has 3 rings (SSSR count). The maximum atomic E-state index is 13.7. The van der Waals surface area contributed by atoms with Gasteiger partial charge in [0.05, 0.1) is 0 Å². The van der Waals surface area contributed by atoms with Gasteiger partial charge in [0.2, 0.25) is 0 Å². The Bertz CT molecular complexity index is 1080. The van der Waals surface area contributed by atoms with Crippen molar-refractivity contribution in [3.63, 3.8) is 0 Å². The third-order valence-electron chi connectivity index (χ3n) is 5.29. The number of hydrogen-bond acceptors (Lipinski definition) is 4. The maximum absolute atomic E-state index is 13.7. The van der Waals surface area contributed by atoms with Crippen LogP contribution >= 0.6 is 7.72 Å². The van der Waals surface area contributed by atoms with Gasteiger partial charge in [0.25, 0.3) is 0 Å². The second-order valence-corrected chi connectivity index (χ2v) is 9.96. The van der Waals surface area contributed by atoms with E-state index < -0.39 is 13.2 Å². The Balaban J connectivity index is 2.18. The number of aryl methyl sites for hydroxylation is 2. The quantitative estimate of drug-likeness (QED) is 0.434. The molecule has 30 heavy (non-hydrogen) atoms. The van der Waals surface area contributed by atoms with Crippen LogP contribution in [0.3, 0.4) is 0 Å². The van der Waals surface area contributed by atoms with E-state index in [9.17, 15) is 14.5 Å². The third-order valence-corrected chi connectivity index (χ3v) is 7.98. The van der Waals surface area contributed by atoms with Crippen LogP contribution in [0.4, 0.5) is 0 Å². The van der Waals surface area contributed by atoms with Crippen molar-refractivity contribution >= 4 is 24.3 Å². The van der Waals surface area contributed by atoms with Crippen molar-refractivity contribution < 1.29 is 19.0 Å². The van der Waals surface area contributed by atoms with Gasteiger partial charge in [-0.05, 0) is 0 Å². The fourth-order valence-electron chi connectivity index (χ4n) is 3.94. The molecule has 0 atom stereocenters. The van der Waals surface area contributed by atoms with Crippen LogP contribution in [-0.2, 0) is 4.52 Å². The second-order valence-electron chi connectivity index (χ2n) is 7.35. The molecule has 0 saturated carbocycles. The summed E-state index contributed by atoms with van der Waals surface area (Å²) in [6, 6.07) is 19.7. The molecule has 0 heterocycles. The second kappa shape index (κ2) is 9.01. The minimum atomic E-state index is -3.94. The molecular weight excluding hydrogens is 395 g/mol. The van der Waals surface area contributed by atoms with Gasteiger partial charge in [0.1, 0.15) is 0 Å². The monoisotopic (exact) mass is 422 g/mol. The summed E-state index contributed by atoms with van der Waals surface area (Å²) in [5, 5.41) is 0.493. The van der Waals surface area contributed by atoms with Gasteiger partial charge in [-0.3, -0.25) is 0 Å². The van der Waals surface area contributed by atoms with Crippen molar-refractivity contribution in [3.05, 3.63) is 100 Å². The molecule has 156 valence electrons. The number of hydrogen-bond donors (Lipinski definition) is 1. The van der Waals surface area contributed by atoms with E-state index in [2.05, 4.69) is 0 Å². The first kappa shape index (κ1) is 22.0. The fraction of sp³-hybridized carbons (Fsp3) is 0.200. The molecule has 0 amide bonds. The van der Waals surface area contributed by atoms with Gasteiger partial charge in [-0.2, -0.15) is 0 Å². The van der Waals surface area contributed by atoms with E-state index in [0.29, 0.717) is 27.6 Å². The first-order valence-corrected chi connectivity index (χ1v) is 11.8. The van der Waals surface area contributed by atoms with Crippen LogP contribution in [0.1, 0.15) is 49.9 Å². The van der Waals surface area contributed by atoms with Crippen molar-refractivity contribution in [2.75, 3.05) is 6.61 Å². The number of rotatable bonds is 7. The van der Waals surface area contributed by atoms with Crippen molar-refractivity contribution in [1.82, 2.24) is 0 Å². The van der Waals surface area contributed by atoms with Crippen LogP contribution in [0.25, 0.3) is 0 Å². The van der Waals surface area contributed by atoms with Crippen LogP contribution in [0.15, 0.2) is 66.7 Å². The number of ketones is 1. The van der Waals surface area contributed by atoms with Gasteiger partial charge in [-0.15, -0.1) is 0 Å². The molecule has 0 aliphatic heterocycles. The summed E-state index contributed by atoms with van der Waals surface area (Å²) in [5.74, 6) is -0.138. The summed E-state index contributed by atoms with van der Waals surface area (Å²) in [6.07, 6.45) is 0. The molecule has 0 aromatic heterocycles. The van der Waals surface area contributed by atoms with Crippen LogP contribution in [0.2, 0.25) is 0 Å². The van der Waals surface area contributed by atoms with E-state index in [1.165, 1.54) is 0 Å². The Morgan fingerprint density at radius 2 is 1.40 bits per heavy atom. The average molecular weight is 422 g/mol. The molecule has 0 aliphatic rings. The van der Waals surface area contributed by atoms with Gasteiger partial charge in [-0.1, -0.05) is 0 Å². The van der Waals surface area contributed by atoms with E-state index in [-0.39, 0.29) is 12.4 Å². The summed E-state index contributed by atoms with van der Waals surface area (Å²) in [7, 11) is -3.94. The number of carbonyl (C=O) groups is 2. The zero-order valence-corrected chi connectivity index (χ0v) is 18.7. The Hall–Kier alpha value is -2.65. The molecule has 4 nitrogen and oxygen atoms in total. The molecule has 1 N–H and O–H groups in total. The summed E-state index contributed by atoms with van der Waals surface area (Å²) < 4.78 is 5.72. The molecule has 0 unspecified atom stereocenters. The number of carbonyl (C=O) groups excluding carboxylic acids is 2. The zero-order chi connectivity index (χ0) is 21.9. The van der Waals surface area contributed by atoms with Crippen molar-refractivity contribution in [2.45, 2.75) is 27.7 Å². The van der Waals surface area contributed by atoms with E-state index in [0.717, 1.165) is 11.1 Å². The van der Waals surface area contributed by atoms with E-state index >= 15 is 0 Å². The molecule has 0 fully saturated rings. The van der Waals surface area contributed by atoms with E-state index in [4.69, 9.17) is 4.52 Å². The van der Waals surface area contributed by atoms with Crippen LogP contribution < -0.4 is 5.30 Å². The van der Waals surface area contributed by atoms with Gasteiger partial charge >= 0.3 is 178 Å². The predicted molar refractivity (Wildman–Crippen MR) is 123 cm³/mol. The normalized spacial score (nSPS) is 11.9. The van der Waals surface area contributed by atoms with Crippen LogP contribution in [0, 0.1) is 20.8 Å². The standard InChI is InChI=1S/C25H27O4P/c1-5-29-30(28,21-14-10-7-11-15-21)25(27)23-18(3)16-17(2)22(19(23)4)24(26)20-12-8-6-9-13-20/h6-16,28,30H,5H2,1-4H3. The molecule has 3 aromatic carbocycles. The van der Waals surface area contributed by atoms with E-state index in [1.807, 2.05) is 44.2 Å². The molecule has 0 spiro atoms. The summed E-state index contributed by atoms with van der Waals surface area (Å²) in [4.78, 5) is 38.4. The van der Waals surface area contributed by atoms with Gasteiger partial charge in [0.15, 0.2) is 0 Å². The van der Waals surface area contributed by atoms with Gasteiger partial charge in [0, 0.05) is 0 Å². The summed E-state index contributed by atoms with van der Waals surface area (Å²) in [6.45, 7) is 7.44. The Kier molecular flexibility index (Phi) is 6.62. The third kappa shape index (κ3) is 3.99. The molecule has 0 aliphatic carbocycles. The van der Waals surface area contributed by atoms with Crippen molar-refractivity contribution in [1.29, 1.82) is 0 Å². The summed E-state index contributed by atoms with van der Waals surface area (Å²) in [5.41, 5.74) is 3.09. The average Bonchev–Trinajstić information content (AvgIpc) is 2.74. The Labute approximate surface area is 178 Å². The van der Waals surface area contributed by atoms with Gasteiger partial charge in [-0.25, -0.2) is 0 Å². The predicted octanol–water partition coefficient (Wildman–Crippen LogP) is 4.92. The molecule has 3 aromatic rings. The SMILES string of the molecule is CCO[PH](O)(C(=O)c1c(C)cc(C)c(C(=O)c2ccccc2)c1C)c1ccccc1. The van der Waals surface area contributed by atoms with Gasteiger partial charge < -0.3 is 0 Å². The Morgan fingerprint density at radius 3 is 1.97 bits per heavy atom. The van der Waals surface area contributed by atoms with Crippen molar-refractivity contribution in [3.8, 4) is 0 Å². The Morgan fingerprint density at radius 1 is 0.867 bits per heavy atom. The number of benzene rings is 3.